The molecule has 1 saturated heterocycles. The lowest BCUT2D eigenvalue weighted by Crippen LogP contribution is -2.27. The largest absolute Gasteiger partial charge is 0.382 e. The quantitative estimate of drug-likeness (QED) is 0.677. The number of nitrogens with zero attached hydrogens (tertiary/aromatic N) is 2. The Morgan fingerprint density at radius 1 is 1.20 bits per heavy atom. The Kier molecular flexibility index (Phi) is 5.35. The second-order valence-corrected chi connectivity index (χ2v) is 5.36. The van der Waals surface area contributed by atoms with Gasteiger partial charge in [-0.05, 0) is 31.5 Å². The van der Waals surface area contributed by atoms with Crippen molar-refractivity contribution >= 4 is 11.4 Å². The van der Waals surface area contributed by atoms with Gasteiger partial charge in [0.15, 0.2) is 0 Å². The fraction of sp³-hybridized carbons (Fsp3) is 0.600. The summed E-state index contributed by atoms with van der Waals surface area (Å²) in [5, 5.41) is 14.1. The van der Waals surface area contributed by atoms with E-state index in [1.54, 1.807) is 19.2 Å². The van der Waals surface area contributed by atoms with E-state index in [-0.39, 0.29) is 10.6 Å². The lowest BCUT2D eigenvalue weighted by Gasteiger charge is -2.25. The molecule has 0 radical (unpaired) electrons. The molecule has 1 aromatic rings. The molecule has 20 heavy (non-hydrogen) atoms. The summed E-state index contributed by atoms with van der Waals surface area (Å²) < 4.78 is 0. The first-order chi connectivity index (χ1) is 9.72. The third kappa shape index (κ3) is 3.70. The number of nitro groups is 1. The van der Waals surface area contributed by atoms with Crippen molar-refractivity contribution in [1.29, 1.82) is 0 Å². The number of nitrogens with one attached hydrogen (secondary N) is 1. The third-order valence-corrected chi connectivity index (χ3v) is 3.92. The van der Waals surface area contributed by atoms with Gasteiger partial charge < -0.3 is 5.32 Å². The molecule has 0 unspecified atom stereocenters. The standard InChI is InChI=1S/C15H23N3O2/c1-16-15-13(8-7-9-14(15)18(19)20)12-17-10-5-3-2-4-6-11-17/h7-9,16H,2-6,10-12H2,1H3. The molecule has 0 amide bonds. The molecule has 0 saturated carbocycles. The average Bonchev–Trinajstić information content (AvgIpc) is 2.41. The molecule has 1 N–H and O–H groups in total. The molecule has 5 heteroatoms. The molecule has 1 aliphatic heterocycles. The zero-order chi connectivity index (χ0) is 14.4. The zero-order valence-corrected chi connectivity index (χ0v) is 12.1. The summed E-state index contributed by atoms with van der Waals surface area (Å²) >= 11 is 0. The topological polar surface area (TPSA) is 58.4 Å². The number of likely N-dealkylation sites (tertiary alicyclic amines) is 1. The molecule has 1 heterocycles. The number of benzene rings is 1. The Labute approximate surface area is 120 Å². The van der Waals surface area contributed by atoms with E-state index in [1.165, 1.54) is 32.1 Å². The van der Waals surface area contributed by atoms with Crippen LogP contribution in [0.4, 0.5) is 11.4 Å². The number of para-hydroxylation sites is 1. The predicted octanol–water partition coefficient (Wildman–Crippen LogP) is 3.40. The molecule has 1 fully saturated rings. The highest BCUT2D eigenvalue weighted by Crippen LogP contribution is 2.29. The number of hydrogen-bond donors (Lipinski definition) is 1. The van der Waals surface area contributed by atoms with Gasteiger partial charge in [0.1, 0.15) is 5.69 Å². The van der Waals surface area contributed by atoms with Crippen molar-refractivity contribution in [2.24, 2.45) is 0 Å². The Hall–Kier alpha value is -1.62. The fourth-order valence-electron chi connectivity index (χ4n) is 2.87. The van der Waals surface area contributed by atoms with Gasteiger partial charge in [-0.25, -0.2) is 0 Å². The van der Waals surface area contributed by atoms with Crippen LogP contribution < -0.4 is 5.32 Å². The molecule has 1 aromatic carbocycles. The van der Waals surface area contributed by atoms with Crippen LogP contribution in [0.3, 0.4) is 0 Å². The maximum atomic E-state index is 11.1. The van der Waals surface area contributed by atoms with E-state index >= 15 is 0 Å². The summed E-state index contributed by atoms with van der Waals surface area (Å²) in [6.45, 7) is 2.97. The van der Waals surface area contributed by atoms with Crippen LogP contribution in [-0.2, 0) is 6.54 Å². The van der Waals surface area contributed by atoms with Crippen LogP contribution in [0.15, 0.2) is 18.2 Å². The molecular weight excluding hydrogens is 254 g/mol. The van der Waals surface area contributed by atoms with E-state index in [0.717, 1.165) is 25.2 Å². The SMILES string of the molecule is CNc1c(CN2CCCCCCC2)cccc1[N+](=O)[O-]. The van der Waals surface area contributed by atoms with E-state index in [0.29, 0.717) is 5.69 Å². The van der Waals surface area contributed by atoms with Gasteiger partial charge in [0.2, 0.25) is 0 Å². The Balaban J connectivity index is 2.15. The summed E-state index contributed by atoms with van der Waals surface area (Å²) in [5.41, 5.74) is 1.83. The van der Waals surface area contributed by atoms with E-state index in [1.807, 2.05) is 6.07 Å². The van der Waals surface area contributed by atoms with Crippen molar-refractivity contribution in [2.45, 2.75) is 38.6 Å². The van der Waals surface area contributed by atoms with Gasteiger partial charge in [-0.2, -0.15) is 0 Å². The second-order valence-electron chi connectivity index (χ2n) is 5.36. The fourth-order valence-corrected chi connectivity index (χ4v) is 2.87. The summed E-state index contributed by atoms with van der Waals surface area (Å²) in [6.07, 6.45) is 6.38. The van der Waals surface area contributed by atoms with Crippen molar-refractivity contribution in [1.82, 2.24) is 4.90 Å². The number of nitro benzene ring substituents is 1. The van der Waals surface area contributed by atoms with Gasteiger partial charge in [-0.1, -0.05) is 31.4 Å². The van der Waals surface area contributed by atoms with Crippen LogP contribution in [0, 0.1) is 10.1 Å². The van der Waals surface area contributed by atoms with E-state index in [2.05, 4.69) is 10.2 Å². The van der Waals surface area contributed by atoms with Crippen LogP contribution >= 0.6 is 0 Å². The molecule has 110 valence electrons. The van der Waals surface area contributed by atoms with Crippen LogP contribution in [0.5, 0.6) is 0 Å². The van der Waals surface area contributed by atoms with Gasteiger partial charge in [0.05, 0.1) is 4.92 Å². The average molecular weight is 277 g/mol. The number of rotatable bonds is 4. The van der Waals surface area contributed by atoms with Crippen LogP contribution in [0.2, 0.25) is 0 Å². The third-order valence-electron chi connectivity index (χ3n) is 3.92. The smallest absolute Gasteiger partial charge is 0.292 e. The van der Waals surface area contributed by atoms with Gasteiger partial charge in [0, 0.05) is 19.7 Å². The molecule has 0 aromatic heterocycles. The highest BCUT2D eigenvalue weighted by Gasteiger charge is 2.18. The molecule has 0 aliphatic carbocycles. The van der Waals surface area contributed by atoms with Crippen LogP contribution in [-0.4, -0.2) is 30.0 Å². The highest BCUT2D eigenvalue weighted by molar-refractivity contribution is 5.66. The predicted molar refractivity (Wildman–Crippen MR) is 81.0 cm³/mol. The van der Waals surface area contributed by atoms with Crippen LogP contribution in [0.25, 0.3) is 0 Å². The first-order valence-corrected chi connectivity index (χ1v) is 7.39. The van der Waals surface area contributed by atoms with Gasteiger partial charge in [-0.3, -0.25) is 15.0 Å². The monoisotopic (exact) mass is 277 g/mol. The summed E-state index contributed by atoms with van der Waals surface area (Å²) in [6, 6.07) is 5.32. The van der Waals surface area contributed by atoms with Crippen LogP contribution in [0.1, 0.15) is 37.7 Å². The first kappa shape index (κ1) is 14.8. The molecule has 2 rings (SSSR count). The summed E-state index contributed by atoms with van der Waals surface area (Å²) in [5.74, 6) is 0. The number of hydrogen-bond acceptors (Lipinski definition) is 4. The van der Waals surface area contributed by atoms with Crippen molar-refractivity contribution in [3.63, 3.8) is 0 Å². The highest BCUT2D eigenvalue weighted by atomic mass is 16.6. The Morgan fingerprint density at radius 2 is 1.85 bits per heavy atom. The molecule has 5 nitrogen and oxygen atoms in total. The van der Waals surface area contributed by atoms with Crippen molar-refractivity contribution < 1.29 is 4.92 Å². The minimum absolute atomic E-state index is 0.164. The van der Waals surface area contributed by atoms with E-state index in [4.69, 9.17) is 0 Å². The summed E-state index contributed by atoms with van der Waals surface area (Å²) in [4.78, 5) is 13.2. The van der Waals surface area contributed by atoms with Crippen molar-refractivity contribution in [3.8, 4) is 0 Å². The second kappa shape index (κ2) is 7.24. The van der Waals surface area contributed by atoms with E-state index < -0.39 is 0 Å². The van der Waals surface area contributed by atoms with Gasteiger partial charge >= 0.3 is 0 Å². The number of anilines is 1. The van der Waals surface area contributed by atoms with Gasteiger partial charge in [0.25, 0.3) is 5.69 Å². The first-order valence-electron chi connectivity index (χ1n) is 7.39. The molecule has 0 atom stereocenters. The van der Waals surface area contributed by atoms with Crippen molar-refractivity contribution in [3.05, 3.63) is 33.9 Å². The maximum absolute atomic E-state index is 11.1. The minimum atomic E-state index is -0.317. The molecule has 0 spiro atoms. The zero-order valence-electron chi connectivity index (χ0n) is 12.1. The minimum Gasteiger partial charge on any atom is -0.382 e. The normalized spacial score (nSPS) is 17.2. The lowest BCUT2D eigenvalue weighted by molar-refractivity contribution is -0.384. The molecular formula is C15H23N3O2. The van der Waals surface area contributed by atoms with Gasteiger partial charge in [-0.15, -0.1) is 0 Å². The Bertz CT molecular complexity index is 454. The van der Waals surface area contributed by atoms with Crippen molar-refractivity contribution in [2.75, 3.05) is 25.5 Å². The molecule has 1 aliphatic rings. The molecule has 0 bridgehead atoms. The summed E-state index contributed by atoms with van der Waals surface area (Å²) in [7, 11) is 1.75. The Morgan fingerprint density at radius 3 is 2.45 bits per heavy atom. The van der Waals surface area contributed by atoms with E-state index in [9.17, 15) is 10.1 Å². The maximum Gasteiger partial charge on any atom is 0.292 e. The lowest BCUT2D eigenvalue weighted by atomic mass is 10.1.